The van der Waals surface area contributed by atoms with E-state index in [9.17, 15) is 4.79 Å². The molecule has 0 saturated heterocycles. The average Bonchev–Trinajstić information content (AvgIpc) is 2.71. The summed E-state index contributed by atoms with van der Waals surface area (Å²) in [5, 5.41) is 0.534. The number of fused-ring (bicyclic) bond motifs is 1. The lowest BCUT2D eigenvalue weighted by Gasteiger charge is -2.15. The molecule has 2 rings (SSSR count). The van der Waals surface area contributed by atoms with Crippen molar-refractivity contribution in [1.82, 2.24) is 4.98 Å². The van der Waals surface area contributed by atoms with Crippen LogP contribution in [0.25, 0.3) is 0 Å². The van der Waals surface area contributed by atoms with Crippen LogP contribution in [0, 0.1) is 0 Å². The lowest BCUT2D eigenvalue weighted by atomic mass is 9.94. The van der Waals surface area contributed by atoms with Crippen molar-refractivity contribution in [2.45, 2.75) is 45.4 Å². The zero-order valence-corrected chi connectivity index (χ0v) is 10.6. The first kappa shape index (κ1) is 11.6. The molecule has 1 aromatic rings. The van der Waals surface area contributed by atoms with Gasteiger partial charge in [0.25, 0.3) is 0 Å². The summed E-state index contributed by atoms with van der Waals surface area (Å²) < 4.78 is 5.10. The number of thiazole rings is 1. The first-order chi connectivity index (χ1) is 7.72. The second-order valence-electron chi connectivity index (χ2n) is 4.26. The molecule has 3 nitrogen and oxygen atoms in total. The summed E-state index contributed by atoms with van der Waals surface area (Å²) in [6, 6.07) is 0. The molecule has 88 valence electrons. The highest BCUT2D eigenvalue weighted by Gasteiger charge is 2.24. The normalized spacial score (nSPS) is 19.2. The largest absolute Gasteiger partial charge is 0.460 e. The Balaban J connectivity index is 2.14. The molecule has 1 aromatic heterocycles. The standard InChI is InChI=1S/C12H17NO2S/c1-3-7-15-12(14)11-13-9-6-4-5-8(2)10(9)16-11/h8H,3-7H2,1-2H3. The lowest BCUT2D eigenvalue weighted by molar-refractivity contribution is 0.0504. The van der Waals surface area contributed by atoms with E-state index >= 15 is 0 Å². The minimum absolute atomic E-state index is 0.256. The van der Waals surface area contributed by atoms with Crippen LogP contribution in [0.1, 0.15) is 59.4 Å². The Hall–Kier alpha value is -0.900. The number of hydrogen-bond donors (Lipinski definition) is 0. The van der Waals surface area contributed by atoms with Gasteiger partial charge in [-0.1, -0.05) is 13.8 Å². The maximum Gasteiger partial charge on any atom is 0.367 e. The molecule has 0 aliphatic heterocycles. The first-order valence-electron chi connectivity index (χ1n) is 5.89. The average molecular weight is 239 g/mol. The zero-order chi connectivity index (χ0) is 11.5. The van der Waals surface area contributed by atoms with E-state index in [1.807, 2.05) is 6.92 Å². The minimum Gasteiger partial charge on any atom is -0.460 e. The van der Waals surface area contributed by atoms with Gasteiger partial charge in [-0.3, -0.25) is 0 Å². The number of rotatable bonds is 3. The maximum absolute atomic E-state index is 11.7. The van der Waals surface area contributed by atoms with E-state index in [4.69, 9.17) is 4.74 Å². The van der Waals surface area contributed by atoms with Crippen LogP contribution in [0.2, 0.25) is 0 Å². The predicted octanol–water partition coefficient (Wildman–Crippen LogP) is 3.15. The van der Waals surface area contributed by atoms with Gasteiger partial charge in [-0.25, -0.2) is 9.78 Å². The number of ether oxygens (including phenoxy) is 1. The number of nitrogens with zero attached hydrogens (tertiary/aromatic N) is 1. The highest BCUT2D eigenvalue weighted by molar-refractivity contribution is 7.13. The molecule has 0 bridgehead atoms. The quantitative estimate of drug-likeness (QED) is 0.761. The van der Waals surface area contributed by atoms with Crippen molar-refractivity contribution in [2.24, 2.45) is 0 Å². The molecule has 0 N–H and O–H groups in total. The predicted molar refractivity (Wildman–Crippen MR) is 64.0 cm³/mol. The van der Waals surface area contributed by atoms with Crippen LogP contribution in [0.3, 0.4) is 0 Å². The van der Waals surface area contributed by atoms with E-state index in [2.05, 4.69) is 11.9 Å². The van der Waals surface area contributed by atoms with Gasteiger partial charge in [-0.15, -0.1) is 11.3 Å². The molecule has 0 saturated carbocycles. The Morgan fingerprint density at radius 2 is 2.44 bits per heavy atom. The molecule has 1 atom stereocenters. The van der Waals surface area contributed by atoms with Crippen LogP contribution in [0.4, 0.5) is 0 Å². The number of aromatic nitrogens is 1. The van der Waals surface area contributed by atoms with Gasteiger partial charge in [0, 0.05) is 4.88 Å². The van der Waals surface area contributed by atoms with Crippen LogP contribution < -0.4 is 0 Å². The summed E-state index contributed by atoms with van der Waals surface area (Å²) in [5.74, 6) is 0.294. The van der Waals surface area contributed by atoms with Crippen molar-refractivity contribution in [3.8, 4) is 0 Å². The Labute approximate surface area is 99.8 Å². The van der Waals surface area contributed by atoms with E-state index in [-0.39, 0.29) is 5.97 Å². The van der Waals surface area contributed by atoms with Gasteiger partial charge in [-0.05, 0) is 31.6 Å². The lowest BCUT2D eigenvalue weighted by Crippen LogP contribution is -2.06. The van der Waals surface area contributed by atoms with Crippen LogP contribution in [0.5, 0.6) is 0 Å². The molecule has 1 aliphatic rings. The van der Waals surface area contributed by atoms with Gasteiger partial charge < -0.3 is 4.74 Å². The Morgan fingerprint density at radius 1 is 1.62 bits per heavy atom. The molecule has 0 amide bonds. The zero-order valence-electron chi connectivity index (χ0n) is 9.78. The van der Waals surface area contributed by atoms with E-state index in [0.717, 1.165) is 18.5 Å². The molecule has 1 aliphatic carbocycles. The van der Waals surface area contributed by atoms with Crippen LogP contribution in [-0.2, 0) is 11.2 Å². The molecule has 1 unspecified atom stereocenters. The SMILES string of the molecule is CCCOC(=O)c1nc2c(s1)C(C)CCC2. The molecule has 0 spiro atoms. The van der Waals surface area contributed by atoms with Gasteiger partial charge >= 0.3 is 5.97 Å². The number of carbonyl (C=O) groups excluding carboxylic acids is 1. The number of hydrogen-bond acceptors (Lipinski definition) is 4. The second kappa shape index (κ2) is 4.95. The molecule has 0 aromatic carbocycles. The van der Waals surface area contributed by atoms with Gasteiger partial charge in [-0.2, -0.15) is 0 Å². The van der Waals surface area contributed by atoms with Crippen molar-refractivity contribution in [1.29, 1.82) is 0 Å². The van der Waals surface area contributed by atoms with E-state index in [1.165, 1.54) is 29.1 Å². The summed E-state index contributed by atoms with van der Waals surface area (Å²) in [5.41, 5.74) is 1.12. The monoisotopic (exact) mass is 239 g/mol. The molecular formula is C12H17NO2S. The molecule has 1 heterocycles. The molecular weight excluding hydrogens is 222 g/mol. The summed E-state index contributed by atoms with van der Waals surface area (Å²) in [7, 11) is 0. The fourth-order valence-electron chi connectivity index (χ4n) is 1.98. The minimum atomic E-state index is -0.256. The van der Waals surface area contributed by atoms with Gasteiger partial charge in [0.15, 0.2) is 0 Å². The number of esters is 1. The van der Waals surface area contributed by atoms with E-state index in [0.29, 0.717) is 17.5 Å². The topological polar surface area (TPSA) is 39.2 Å². The van der Waals surface area contributed by atoms with E-state index in [1.54, 1.807) is 0 Å². The summed E-state index contributed by atoms with van der Waals surface area (Å²) >= 11 is 1.52. The summed E-state index contributed by atoms with van der Waals surface area (Å²) in [4.78, 5) is 17.3. The third-order valence-corrected chi connectivity index (χ3v) is 4.15. The number of aryl methyl sites for hydroxylation is 1. The molecule has 4 heteroatoms. The fraction of sp³-hybridized carbons (Fsp3) is 0.667. The molecule has 16 heavy (non-hydrogen) atoms. The Bertz CT molecular complexity index is 386. The van der Waals surface area contributed by atoms with Crippen LogP contribution in [0.15, 0.2) is 0 Å². The Kier molecular flexibility index (Phi) is 3.59. The van der Waals surface area contributed by atoms with Crippen LogP contribution >= 0.6 is 11.3 Å². The van der Waals surface area contributed by atoms with Crippen molar-refractivity contribution >= 4 is 17.3 Å². The van der Waals surface area contributed by atoms with Crippen molar-refractivity contribution in [3.63, 3.8) is 0 Å². The van der Waals surface area contributed by atoms with E-state index < -0.39 is 0 Å². The smallest absolute Gasteiger partial charge is 0.367 e. The summed E-state index contributed by atoms with van der Waals surface area (Å²) in [6.07, 6.45) is 4.25. The van der Waals surface area contributed by atoms with Gasteiger partial charge in [0.05, 0.1) is 12.3 Å². The first-order valence-corrected chi connectivity index (χ1v) is 6.70. The van der Waals surface area contributed by atoms with Crippen molar-refractivity contribution in [3.05, 3.63) is 15.6 Å². The van der Waals surface area contributed by atoms with Gasteiger partial charge in [0.1, 0.15) is 0 Å². The maximum atomic E-state index is 11.7. The second-order valence-corrected chi connectivity index (χ2v) is 5.29. The fourth-order valence-corrected chi connectivity index (χ4v) is 3.07. The summed E-state index contributed by atoms with van der Waals surface area (Å²) in [6.45, 7) is 4.68. The third kappa shape index (κ3) is 2.26. The molecule has 0 fully saturated rings. The number of carbonyl (C=O) groups is 1. The third-order valence-electron chi connectivity index (χ3n) is 2.84. The molecule has 0 radical (unpaired) electrons. The van der Waals surface area contributed by atoms with Crippen molar-refractivity contribution in [2.75, 3.05) is 6.61 Å². The van der Waals surface area contributed by atoms with Gasteiger partial charge in [0.2, 0.25) is 5.01 Å². The van der Waals surface area contributed by atoms with Crippen molar-refractivity contribution < 1.29 is 9.53 Å². The Morgan fingerprint density at radius 3 is 3.12 bits per heavy atom. The highest BCUT2D eigenvalue weighted by atomic mass is 32.1. The highest BCUT2D eigenvalue weighted by Crippen LogP contribution is 2.35. The van der Waals surface area contributed by atoms with Crippen LogP contribution in [-0.4, -0.2) is 17.6 Å².